The molecule has 3 aromatic rings. The first-order valence-electron chi connectivity index (χ1n) is 9.58. The number of ether oxygens (including phenoxy) is 1. The van der Waals surface area contributed by atoms with Crippen LogP contribution in [0.4, 0.5) is 5.69 Å². The van der Waals surface area contributed by atoms with Gasteiger partial charge in [0.15, 0.2) is 5.16 Å². The van der Waals surface area contributed by atoms with E-state index in [0.717, 1.165) is 23.4 Å². The fraction of sp³-hybridized carbons (Fsp3) is 0.227. The normalized spacial score (nSPS) is 12.5. The number of thioether (sulfide) groups is 2. The van der Waals surface area contributed by atoms with Gasteiger partial charge < -0.3 is 10.1 Å². The quantitative estimate of drug-likeness (QED) is 0.417. The second-order valence-corrected chi connectivity index (χ2v) is 9.37. The summed E-state index contributed by atoms with van der Waals surface area (Å²) >= 11 is 8.89. The van der Waals surface area contributed by atoms with E-state index in [2.05, 4.69) is 5.32 Å². The van der Waals surface area contributed by atoms with Gasteiger partial charge in [-0.05, 0) is 36.8 Å². The van der Waals surface area contributed by atoms with Gasteiger partial charge in [-0.25, -0.2) is 4.98 Å². The predicted molar refractivity (Wildman–Crippen MR) is 126 cm³/mol. The number of fused-ring (bicyclic) bond motifs is 1. The van der Waals surface area contributed by atoms with Gasteiger partial charge in [0, 0.05) is 29.0 Å². The topological polar surface area (TPSA) is 73.2 Å². The first kappa shape index (κ1) is 21.8. The molecular formula is C22H20ClN3O3S2. The van der Waals surface area contributed by atoms with Crippen molar-refractivity contribution >= 4 is 46.7 Å². The molecule has 2 aromatic carbocycles. The molecule has 9 heteroatoms. The summed E-state index contributed by atoms with van der Waals surface area (Å²) in [5.74, 6) is 1.38. The molecule has 0 saturated carbocycles. The van der Waals surface area contributed by atoms with E-state index in [4.69, 9.17) is 21.3 Å². The Morgan fingerprint density at radius 3 is 2.94 bits per heavy atom. The molecule has 0 fully saturated rings. The van der Waals surface area contributed by atoms with E-state index in [1.807, 2.05) is 31.2 Å². The summed E-state index contributed by atoms with van der Waals surface area (Å²) in [5.41, 5.74) is 2.90. The minimum absolute atomic E-state index is 0.105. The minimum atomic E-state index is -0.203. The Bertz CT molecular complexity index is 1210. The van der Waals surface area contributed by atoms with E-state index in [1.165, 1.54) is 23.5 Å². The lowest BCUT2D eigenvalue weighted by molar-refractivity contribution is -0.113. The number of amides is 1. The smallest absolute Gasteiger partial charge is 0.272 e. The van der Waals surface area contributed by atoms with E-state index in [1.54, 1.807) is 29.9 Å². The lowest BCUT2D eigenvalue weighted by Gasteiger charge is -2.14. The predicted octanol–water partition coefficient (Wildman–Crippen LogP) is 4.58. The van der Waals surface area contributed by atoms with Crippen molar-refractivity contribution in [2.75, 3.05) is 23.9 Å². The van der Waals surface area contributed by atoms with Crippen molar-refractivity contribution in [3.63, 3.8) is 0 Å². The van der Waals surface area contributed by atoms with E-state index in [0.29, 0.717) is 32.2 Å². The first-order valence-corrected chi connectivity index (χ1v) is 11.9. The van der Waals surface area contributed by atoms with Gasteiger partial charge in [-0.1, -0.05) is 35.5 Å². The van der Waals surface area contributed by atoms with Crippen LogP contribution in [0.15, 0.2) is 57.3 Å². The molecule has 1 aromatic heterocycles. The third-order valence-corrected chi connectivity index (χ3v) is 7.22. The molecule has 0 bridgehead atoms. The fourth-order valence-corrected chi connectivity index (χ4v) is 5.20. The van der Waals surface area contributed by atoms with Gasteiger partial charge in [0.25, 0.3) is 5.56 Å². The number of carbonyl (C=O) groups is 1. The molecule has 0 unspecified atom stereocenters. The molecule has 1 aliphatic heterocycles. The second kappa shape index (κ2) is 9.38. The van der Waals surface area contributed by atoms with Crippen LogP contribution >= 0.6 is 35.1 Å². The Balaban J connectivity index is 1.61. The highest BCUT2D eigenvalue weighted by atomic mass is 35.5. The number of benzene rings is 2. The van der Waals surface area contributed by atoms with Gasteiger partial charge in [0.1, 0.15) is 5.75 Å². The van der Waals surface area contributed by atoms with Gasteiger partial charge in [-0.3, -0.25) is 14.2 Å². The van der Waals surface area contributed by atoms with Crippen molar-refractivity contribution in [1.29, 1.82) is 0 Å². The molecule has 0 radical (unpaired) electrons. The zero-order valence-corrected chi connectivity index (χ0v) is 19.4. The molecule has 1 amide bonds. The van der Waals surface area contributed by atoms with Crippen LogP contribution in [0.1, 0.15) is 11.3 Å². The highest BCUT2D eigenvalue weighted by Crippen LogP contribution is 2.30. The number of methoxy groups -OCH3 is 1. The molecule has 1 aliphatic rings. The Kier molecular flexibility index (Phi) is 6.60. The summed E-state index contributed by atoms with van der Waals surface area (Å²) in [6.45, 7) is 1.90. The van der Waals surface area contributed by atoms with Gasteiger partial charge >= 0.3 is 0 Å². The minimum Gasteiger partial charge on any atom is -0.497 e. The molecule has 1 N–H and O–H groups in total. The van der Waals surface area contributed by atoms with Crippen molar-refractivity contribution in [2.24, 2.45) is 0 Å². The van der Waals surface area contributed by atoms with Crippen LogP contribution in [-0.4, -0.2) is 34.1 Å². The molecule has 160 valence electrons. The van der Waals surface area contributed by atoms with Crippen LogP contribution < -0.4 is 15.6 Å². The van der Waals surface area contributed by atoms with E-state index >= 15 is 0 Å². The Labute approximate surface area is 193 Å². The third-order valence-electron chi connectivity index (χ3n) is 4.77. The molecule has 0 aliphatic carbocycles. The summed E-state index contributed by atoms with van der Waals surface area (Å²) in [7, 11) is 1.58. The van der Waals surface area contributed by atoms with E-state index in [9.17, 15) is 9.59 Å². The number of carbonyl (C=O) groups excluding carboxylic acids is 1. The fourth-order valence-electron chi connectivity index (χ4n) is 3.16. The van der Waals surface area contributed by atoms with Crippen molar-refractivity contribution in [2.45, 2.75) is 23.4 Å². The zero-order chi connectivity index (χ0) is 22.0. The maximum absolute atomic E-state index is 13.2. The van der Waals surface area contributed by atoms with Gasteiger partial charge in [0.05, 0.1) is 29.1 Å². The molecule has 4 rings (SSSR count). The van der Waals surface area contributed by atoms with Crippen LogP contribution in [0.3, 0.4) is 0 Å². The number of anilines is 1. The van der Waals surface area contributed by atoms with Crippen molar-refractivity contribution in [1.82, 2.24) is 9.55 Å². The summed E-state index contributed by atoms with van der Waals surface area (Å²) in [6.07, 6.45) is 0.746. The van der Waals surface area contributed by atoms with Crippen molar-refractivity contribution in [3.05, 3.63) is 69.1 Å². The lowest BCUT2D eigenvalue weighted by atomic mass is 10.2. The number of aryl methyl sites for hydroxylation is 2. The molecule has 0 spiro atoms. The van der Waals surface area contributed by atoms with E-state index < -0.39 is 0 Å². The van der Waals surface area contributed by atoms with Gasteiger partial charge in [-0.15, -0.1) is 11.8 Å². The van der Waals surface area contributed by atoms with Crippen molar-refractivity contribution < 1.29 is 9.53 Å². The second-order valence-electron chi connectivity index (χ2n) is 6.91. The molecule has 6 nitrogen and oxygen atoms in total. The molecule has 2 heterocycles. The summed E-state index contributed by atoms with van der Waals surface area (Å²) < 4.78 is 6.86. The average Bonchev–Trinajstić information content (AvgIpc) is 3.24. The van der Waals surface area contributed by atoms with Crippen LogP contribution in [0.25, 0.3) is 5.69 Å². The number of hydrogen-bond acceptors (Lipinski definition) is 6. The highest BCUT2D eigenvalue weighted by Gasteiger charge is 2.23. The maximum Gasteiger partial charge on any atom is 0.272 e. The molecule has 0 atom stereocenters. The van der Waals surface area contributed by atoms with Crippen molar-refractivity contribution in [3.8, 4) is 11.4 Å². The number of rotatable bonds is 6. The summed E-state index contributed by atoms with van der Waals surface area (Å²) in [4.78, 5) is 31.1. The number of aromatic nitrogens is 2. The number of halogens is 1. The molecule has 31 heavy (non-hydrogen) atoms. The number of nitrogens with one attached hydrogen (secondary N) is 1. The molecular weight excluding hydrogens is 454 g/mol. The maximum atomic E-state index is 13.2. The summed E-state index contributed by atoms with van der Waals surface area (Å²) in [5, 5.41) is 3.92. The van der Waals surface area contributed by atoms with Crippen LogP contribution in [0.5, 0.6) is 5.75 Å². The largest absolute Gasteiger partial charge is 0.497 e. The van der Waals surface area contributed by atoms with Gasteiger partial charge in [0.2, 0.25) is 5.91 Å². The van der Waals surface area contributed by atoms with Crippen LogP contribution in [0, 0.1) is 6.92 Å². The molecule has 0 saturated heterocycles. The Morgan fingerprint density at radius 2 is 2.16 bits per heavy atom. The first-order chi connectivity index (χ1) is 15.0. The monoisotopic (exact) mass is 473 g/mol. The van der Waals surface area contributed by atoms with E-state index in [-0.39, 0.29) is 17.2 Å². The SMILES string of the molecule is COc1cccc(-n2c(SCC(=O)Nc3ccc(C)c(Cl)c3)nc3c(c2=O)SCC3)c1. The Morgan fingerprint density at radius 1 is 1.32 bits per heavy atom. The highest BCUT2D eigenvalue weighted by molar-refractivity contribution is 8.00. The van der Waals surface area contributed by atoms with Gasteiger partial charge in [-0.2, -0.15) is 0 Å². The summed E-state index contributed by atoms with van der Waals surface area (Å²) in [6, 6.07) is 12.6. The lowest BCUT2D eigenvalue weighted by Crippen LogP contribution is -2.24. The number of hydrogen-bond donors (Lipinski definition) is 1. The third kappa shape index (κ3) is 4.76. The van der Waals surface area contributed by atoms with Crippen LogP contribution in [0.2, 0.25) is 5.02 Å². The Hall–Kier alpha value is -2.42. The van der Waals surface area contributed by atoms with Crippen LogP contribution in [-0.2, 0) is 11.2 Å². The standard InChI is InChI=1S/C22H20ClN3O3S2/c1-13-6-7-14(10-17(13)23)24-19(27)12-31-22-25-18-8-9-30-20(18)21(28)26(22)15-4-3-5-16(11-15)29-2/h3-7,10-11H,8-9,12H2,1-2H3,(H,24,27). The zero-order valence-electron chi connectivity index (χ0n) is 17.0. The number of nitrogens with zero attached hydrogens (tertiary/aromatic N) is 2. The average molecular weight is 474 g/mol.